The number of amides is 2. The molecule has 3 aliphatic rings. The van der Waals surface area contributed by atoms with E-state index in [1.165, 1.54) is 6.92 Å². The maximum absolute atomic E-state index is 12.2. The Morgan fingerprint density at radius 2 is 2.13 bits per heavy atom. The van der Waals surface area contributed by atoms with Crippen LogP contribution in [-0.2, 0) is 42.9 Å². The number of aromatic nitrogens is 3. The zero-order valence-corrected chi connectivity index (χ0v) is 21.6. The molecule has 3 aromatic rings. The monoisotopic (exact) mass is 521 g/mol. The van der Waals surface area contributed by atoms with Crippen LogP contribution >= 0.6 is 0 Å². The van der Waals surface area contributed by atoms with Crippen molar-refractivity contribution in [3.8, 4) is 17.0 Å². The normalized spacial score (nSPS) is 21.2. The minimum atomic E-state index is -0.602. The molecule has 2 fully saturated rings. The van der Waals surface area contributed by atoms with Crippen LogP contribution in [0.15, 0.2) is 24.5 Å². The number of aryl methyl sites for hydroxylation is 1. The molecule has 1 N–H and O–H groups in total. The average Bonchev–Trinajstić information content (AvgIpc) is 3.50. The Balaban J connectivity index is 1.41. The lowest BCUT2D eigenvalue weighted by molar-refractivity contribution is -0.143. The van der Waals surface area contributed by atoms with Gasteiger partial charge in [-0.3, -0.25) is 9.59 Å². The van der Waals surface area contributed by atoms with Gasteiger partial charge >= 0.3 is 0 Å². The summed E-state index contributed by atoms with van der Waals surface area (Å²) < 4.78 is 25.7. The largest absolute Gasteiger partial charge is 0.491 e. The summed E-state index contributed by atoms with van der Waals surface area (Å²) in [6, 6.07) is 3.84. The Morgan fingerprint density at radius 1 is 1.24 bits per heavy atom. The van der Waals surface area contributed by atoms with Gasteiger partial charge in [0.05, 0.1) is 49.5 Å². The Kier molecular flexibility index (Phi) is 6.50. The van der Waals surface area contributed by atoms with Crippen LogP contribution in [0.25, 0.3) is 22.2 Å². The van der Waals surface area contributed by atoms with Crippen LogP contribution in [0.3, 0.4) is 0 Å². The Morgan fingerprint density at radius 3 is 2.92 bits per heavy atom. The van der Waals surface area contributed by atoms with Gasteiger partial charge in [-0.15, -0.1) is 0 Å². The highest BCUT2D eigenvalue weighted by atomic mass is 16.6. The quantitative estimate of drug-likeness (QED) is 0.524. The van der Waals surface area contributed by atoms with Crippen LogP contribution in [0, 0.1) is 0 Å². The zero-order chi connectivity index (χ0) is 26.3. The van der Waals surface area contributed by atoms with E-state index in [-0.39, 0.29) is 18.4 Å². The van der Waals surface area contributed by atoms with E-state index >= 15 is 0 Å². The molecule has 1 unspecified atom stereocenters. The summed E-state index contributed by atoms with van der Waals surface area (Å²) in [7, 11) is 1.95. The van der Waals surface area contributed by atoms with Crippen molar-refractivity contribution in [3.05, 3.63) is 35.8 Å². The van der Waals surface area contributed by atoms with Crippen LogP contribution in [0.2, 0.25) is 0 Å². The topological polar surface area (TPSA) is 117 Å². The lowest BCUT2D eigenvalue weighted by Gasteiger charge is -2.35. The molecule has 6 rings (SSSR count). The van der Waals surface area contributed by atoms with E-state index in [2.05, 4.69) is 10.3 Å². The first-order valence-corrected chi connectivity index (χ1v) is 12.9. The first-order chi connectivity index (χ1) is 18.4. The average molecular weight is 522 g/mol. The van der Waals surface area contributed by atoms with Crippen molar-refractivity contribution in [2.24, 2.45) is 7.05 Å². The molecule has 11 heteroatoms. The van der Waals surface area contributed by atoms with Gasteiger partial charge < -0.3 is 33.7 Å². The van der Waals surface area contributed by atoms with Gasteiger partial charge in [0.25, 0.3) is 0 Å². The number of rotatable bonds is 6. The second kappa shape index (κ2) is 9.97. The van der Waals surface area contributed by atoms with Crippen molar-refractivity contribution in [1.82, 2.24) is 19.4 Å². The fourth-order valence-corrected chi connectivity index (χ4v) is 5.48. The molecule has 3 aliphatic heterocycles. The molecule has 6 heterocycles. The molecular weight excluding hydrogens is 490 g/mol. The number of nitrogens with zero attached hydrogens (tertiary/aromatic N) is 4. The van der Waals surface area contributed by atoms with E-state index in [0.717, 1.165) is 45.6 Å². The number of carbonyl (C=O) groups excluding carboxylic acids is 2. The van der Waals surface area contributed by atoms with E-state index in [0.29, 0.717) is 58.4 Å². The minimum absolute atomic E-state index is 0.0212. The fraction of sp³-hybridized carbons (Fsp3) is 0.481. The van der Waals surface area contributed by atoms with E-state index in [1.54, 1.807) is 11.1 Å². The summed E-state index contributed by atoms with van der Waals surface area (Å²) in [5.74, 6) is 1.02. The second-order valence-corrected chi connectivity index (χ2v) is 9.93. The zero-order valence-electron chi connectivity index (χ0n) is 21.6. The molecule has 0 aliphatic carbocycles. The summed E-state index contributed by atoms with van der Waals surface area (Å²) in [5, 5.41) is 3.68. The molecule has 0 saturated carbocycles. The molecule has 2 amide bonds. The van der Waals surface area contributed by atoms with Crippen LogP contribution < -0.4 is 10.1 Å². The van der Waals surface area contributed by atoms with Crippen molar-refractivity contribution in [1.29, 1.82) is 0 Å². The molecule has 11 nitrogen and oxygen atoms in total. The van der Waals surface area contributed by atoms with Gasteiger partial charge in [0, 0.05) is 68.7 Å². The first-order valence-electron chi connectivity index (χ1n) is 12.9. The summed E-state index contributed by atoms with van der Waals surface area (Å²) >= 11 is 0. The van der Waals surface area contributed by atoms with Crippen molar-refractivity contribution in [2.75, 3.05) is 58.0 Å². The third-order valence-corrected chi connectivity index (χ3v) is 7.39. The number of carbonyl (C=O) groups is 2. The van der Waals surface area contributed by atoms with E-state index in [4.69, 9.17) is 23.9 Å². The highest BCUT2D eigenvalue weighted by molar-refractivity contribution is 5.98. The van der Waals surface area contributed by atoms with Gasteiger partial charge in [-0.1, -0.05) is 0 Å². The Bertz CT molecular complexity index is 1400. The summed E-state index contributed by atoms with van der Waals surface area (Å²) in [6.45, 7) is 5.15. The molecule has 0 aromatic carbocycles. The predicted molar refractivity (Wildman–Crippen MR) is 138 cm³/mol. The minimum Gasteiger partial charge on any atom is -0.491 e. The first kappa shape index (κ1) is 24.8. The number of morpholine rings is 1. The molecule has 3 aromatic heterocycles. The van der Waals surface area contributed by atoms with Crippen molar-refractivity contribution in [3.63, 3.8) is 0 Å². The predicted octanol–water partition coefficient (Wildman–Crippen LogP) is 2.02. The van der Waals surface area contributed by atoms with Crippen molar-refractivity contribution >= 4 is 28.5 Å². The molecular formula is C27H31N5O6. The number of pyridine rings is 2. The highest BCUT2D eigenvalue weighted by Crippen LogP contribution is 2.44. The fourth-order valence-electron chi connectivity index (χ4n) is 5.48. The van der Waals surface area contributed by atoms with Crippen LogP contribution in [0.5, 0.6) is 5.75 Å². The summed E-state index contributed by atoms with van der Waals surface area (Å²) in [5.41, 5.74) is 3.83. The molecule has 0 radical (unpaired) electrons. The highest BCUT2D eigenvalue weighted by Gasteiger charge is 2.44. The lowest BCUT2D eigenvalue weighted by atomic mass is 9.89. The number of fused-ring (bicyclic) bond motifs is 3. The summed E-state index contributed by atoms with van der Waals surface area (Å²) in [6.07, 6.45) is 5.16. The third-order valence-electron chi connectivity index (χ3n) is 7.39. The van der Waals surface area contributed by atoms with Gasteiger partial charge in [0.1, 0.15) is 30.4 Å². The third kappa shape index (κ3) is 4.50. The van der Waals surface area contributed by atoms with Gasteiger partial charge in [-0.05, 0) is 6.07 Å². The molecule has 0 bridgehead atoms. The van der Waals surface area contributed by atoms with Gasteiger partial charge in [0.2, 0.25) is 11.8 Å². The van der Waals surface area contributed by atoms with E-state index in [1.807, 2.05) is 29.9 Å². The number of anilines is 1. The van der Waals surface area contributed by atoms with Gasteiger partial charge in [-0.25, -0.2) is 9.97 Å². The van der Waals surface area contributed by atoms with Gasteiger partial charge in [-0.2, -0.15) is 0 Å². The number of hydrogen-bond acceptors (Lipinski definition) is 8. The van der Waals surface area contributed by atoms with E-state index < -0.39 is 5.60 Å². The summed E-state index contributed by atoms with van der Waals surface area (Å²) in [4.78, 5) is 35.1. The van der Waals surface area contributed by atoms with Crippen LogP contribution in [0.4, 0.5) is 5.82 Å². The van der Waals surface area contributed by atoms with Crippen LogP contribution in [0.1, 0.15) is 24.6 Å². The molecule has 2 saturated heterocycles. The van der Waals surface area contributed by atoms with Gasteiger partial charge in [0.15, 0.2) is 0 Å². The number of nitrogens with one attached hydrogen (secondary N) is 1. The SMILES string of the molecule is CC(=O)Nc1cc2c(-c3cc(OCCN4CCOCC4=O)c4c(n3)C3(CCOC3)OCC4)cn(C)c2cn1. The van der Waals surface area contributed by atoms with Crippen molar-refractivity contribution in [2.45, 2.75) is 25.4 Å². The molecule has 38 heavy (non-hydrogen) atoms. The maximum Gasteiger partial charge on any atom is 0.248 e. The Hall–Kier alpha value is -3.54. The van der Waals surface area contributed by atoms with Crippen LogP contribution in [-0.4, -0.2) is 84.0 Å². The van der Waals surface area contributed by atoms with E-state index in [9.17, 15) is 9.59 Å². The number of ether oxygens (including phenoxy) is 4. The Labute approximate surface area is 220 Å². The molecule has 200 valence electrons. The molecule has 1 spiro atoms. The standard InChI is InChI=1S/C27H31N5O6/c1-17(33)29-24-11-19-20(14-31(2)22(19)13-28-24)21-12-23(37-10-6-32-5-9-35-15-25(32)34)18-3-7-38-27(26(18)30-21)4-8-36-16-27/h11-14H,3-10,15-16H2,1-2H3,(H,28,29,33). The smallest absolute Gasteiger partial charge is 0.248 e. The number of hydrogen-bond donors (Lipinski definition) is 1. The van der Waals surface area contributed by atoms with Crippen molar-refractivity contribution < 1.29 is 28.5 Å². The molecule has 1 atom stereocenters. The maximum atomic E-state index is 12.2. The second-order valence-electron chi connectivity index (χ2n) is 9.93. The lowest BCUT2D eigenvalue weighted by Crippen LogP contribution is -2.43.